The third-order valence-corrected chi connectivity index (χ3v) is 4.24. The molecule has 0 aromatic carbocycles. The topological polar surface area (TPSA) is 52.6 Å². The molecule has 0 N–H and O–H groups in total. The SMILES string of the molecule is CCCCOC(=O)C1(C(=O)OCCCC)CCCC1C. The fraction of sp³-hybridized carbons (Fsp3) is 0.875. The zero-order chi connectivity index (χ0) is 15.0. The number of hydrogen-bond acceptors (Lipinski definition) is 4. The maximum Gasteiger partial charge on any atom is 0.323 e. The first-order chi connectivity index (χ1) is 9.59. The highest BCUT2D eigenvalue weighted by molar-refractivity contribution is 6.00. The normalized spacial score (nSPS) is 20.6. The predicted octanol–water partition coefficient (Wildman–Crippen LogP) is 3.48. The monoisotopic (exact) mass is 284 g/mol. The Bertz CT molecular complexity index is 302. The largest absolute Gasteiger partial charge is 0.465 e. The smallest absolute Gasteiger partial charge is 0.323 e. The van der Waals surface area contributed by atoms with Gasteiger partial charge < -0.3 is 9.47 Å². The second kappa shape index (κ2) is 8.28. The third kappa shape index (κ3) is 3.74. The lowest BCUT2D eigenvalue weighted by Crippen LogP contribution is -2.44. The number of hydrogen-bond donors (Lipinski definition) is 0. The van der Waals surface area contributed by atoms with Crippen molar-refractivity contribution < 1.29 is 19.1 Å². The summed E-state index contributed by atoms with van der Waals surface area (Å²) in [7, 11) is 0. The van der Waals surface area contributed by atoms with Crippen molar-refractivity contribution in [3.8, 4) is 0 Å². The van der Waals surface area contributed by atoms with E-state index in [4.69, 9.17) is 9.47 Å². The molecule has 4 heteroatoms. The first-order valence-corrected chi connectivity index (χ1v) is 7.94. The molecule has 1 aliphatic carbocycles. The zero-order valence-electron chi connectivity index (χ0n) is 13.1. The number of esters is 2. The van der Waals surface area contributed by atoms with Crippen LogP contribution in [0.4, 0.5) is 0 Å². The van der Waals surface area contributed by atoms with Crippen LogP contribution in [0.25, 0.3) is 0 Å². The molecule has 116 valence electrons. The second-order valence-electron chi connectivity index (χ2n) is 5.74. The average Bonchev–Trinajstić information content (AvgIpc) is 2.82. The minimum absolute atomic E-state index is 0.00533. The first kappa shape index (κ1) is 17.0. The summed E-state index contributed by atoms with van der Waals surface area (Å²) in [5.74, 6) is -0.749. The van der Waals surface area contributed by atoms with E-state index in [9.17, 15) is 9.59 Å². The quantitative estimate of drug-likeness (QED) is 0.389. The molecular weight excluding hydrogens is 256 g/mol. The summed E-state index contributed by atoms with van der Waals surface area (Å²) in [5, 5.41) is 0. The van der Waals surface area contributed by atoms with Gasteiger partial charge in [0.2, 0.25) is 0 Å². The van der Waals surface area contributed by atoms with Crippen molar-refractivity contribution in [1.82, 2.24) is 0 Å². The van der Waals surface area contributed by atoms with Gasteiger partial charge >= 0.3 is 11.9 Å². The number of ether oxygens (including phenoxy) is 2. The maximum atomic E-state index is 12.4. The van der Waals surface area contributed by atoms with Gasteiger partial charge in [0.15, 0.2) is 5.41 Å². The molecule has 1 unspecified atom stereocenters. The number of carbonyl (C=O) groups is 2. The molecule has 0 radical (unpaired) electrons. The molecule has 0 saturated heterocycles. The van der Waals surface area contributed by atoms with E-state index in [0.29, 0.717) is 19.6 Å². The number of carbonyl (C=O) groups excluding carboxylic acids is 2. The van der Waals surface area contributed by atoms with E-state index in [1.165, 1.54) is 0 Å². The molecule has 1 saturated carbocycles. The second-order valence-corrected chi connectivity index (χ2v) is 5.74. The average molecular weight is 284 g/mol. The lowest BCUT2D eigenvalue weighted by atomic mass is 9.78. The van der Waals surface area contributed by atoms with E-state index in [0.717, 1.165) is 38.5 Å². The van der Waals surface area contributed by atoms with Gasteiger partial charge in [-0.3, -0.25) is 9.59 Å². The van der Waals surface area contributed by atoms with E-state index >= 15 is 0 Å². The molecule has 0 spiro atoms. The van der Waals surface area contributed by atoms with Crippen molar-refractivity contribution in [3.05, 3.63) is 0 Å². The Hall–Kier alpha value is -1.06. The van der Waals surface area contributed by atoms with Gasteiger partial charge in [0.1, 0.15) is 0 Å². The summed E-state index contributed by atoms with van der Waals surface area (Å²) < 4.78 is 10.7. The van der Waals surface area contributed by atoms with Crippen molar-refractivity contribution in [1.29, 1.82) is 0 Å². The van der Waals surface area contributed by atoms with Crippen LogP contribution in [0, 0.1) is 11.3 Å². The summed E-state index contributed by atoms with van der Waals surface area (Å²) in [6, 6.07) is 0. The van der Waals surface area contributed by atoms with Crippen LogP contribution < -0.4 is 0 Å². The third-order valence-electron chi connectivity index (χ3n) is 4.24. The minimum atomic E-state index is -1.05. The molecule has 1 atom stereocenters. The molecular formula is C16H28O4. The molecule has 4 nitrogen and oxygen atoms in total. The van der Waals surface area contributed by atoms with E-state index < -0.39 is 5.41 Å². The van der Waals surface area contributed by atoms with Crippen LogP contribution in [0.2, 0.25) is 0 Å². The first-order valence-electron chi connectivity index (χ1n) is 7.94. The summed E-state index contributed by atoms with van der Waals surface area (Å²) in [6.07, 6.45) is 5.93. The van der Waals surface area contributed by atoms with Gasteiger partial charge in [-0.25, -0.2) is 0 Å². The molecule has 0 heterocycles. The van der Waals surface area contributed by atoms with Crippen molar-refractivity contribution >= 4 is 11.9 Å². The number of rotatable bonds is 8. The number of unbranched alkanes of at least 4 members (excludes halogenated alkanes) is 2. The minimum Gasteiger partial charge on any atom is -0.465 e. The van der Waals surface area contributed by atoms with Crippen LogP contribution in [0.1, 0.15) is 65.7 Å². The van der Waals surface area contributed by atoms with E-state index in [1.54, 1.807) is 0 Å². The van der Waals surface area contributed by atoms with Gasteiger partial charge in [0, 0.05) is 0 Å². The van der Waals surface area contributed by atoms with E-state index in [1.807, 2.05) is 20.8 Å². The van der Waals surface area contributed by atoms with E-state index in [2.05, 4.69) is 0 Å². The molecule has 0 aromatic rings. The maximum absolute atomic E-state index is 12.4. The van der Waals surface area contributed by atoms with Crippen LogP contribution in [0.3, 0.4) is 0 Å². The molecule has 1 rings (SSSR count). The van der Waals surface area contributed by atoms with Gasteiger partial charge in [-0.2, -0.15) is 0 Å². The fourth-order valence-corrected chi connectivity index (χ4v) is 2.75. The van der Waals surface area contributed by atoms with Crippen LogP contribution >= 0.6 is 0 Å². The van der Waals surface area contributed by atoms with Gasteiger partial charge in [0.25, 0.3) is 0 Å². The van der Waals surface area contributed by atoms with Gasteiger partial charge in [0.05, 0.1) is 13.2 Å². The van der Waals surface area contributed by atoms with Gasteiger partial charge in [-0.1, -0.05) is 40.0 Å². The fourth-order valence-electron chi connectivity index (χ4n) is 2.75. The van der Waals surface area contributed by atoms with Crippen LogP contribution in [0.5, 0.6) is 0 Å². The Morgan fingerprint density at radius 2 is 1.55 bits per heavy atom. The van der Waals surface area contributed by atoms with Gasteiger partial charge in [-0.15, -0.1) is 0 Å². The molecule has 1 fully saturated rings. The highest BCUT2D eigenvalue weighted by Gasteiger charge is 2.55. The molecule has 0 aromatic heterocycles. The summed E-state index contributed by atoms with van der Waals surface area (Å²) in [4.78, 5) is 24.8. The highest BCUT2D eigenvalue weighted by atomic mass is 16.6. The Labute approximate surface area is 122 Å². The van der Waals surface area contributed by atoms with Crippen molar-refractivity contribution in [2.45, 2.75) is 65.7 Å². The summed E-state index contributed by atoms with van der Waals surface area (Å²) in [5.41, 5.74) is -1.05. The van der Waals surface area contributed by atoms with Crippen LogP contribution in [-0.4, -0.2) is 25.2 Å². The summed E-state index contributed by atoms with van der Waals surface area (Å²) >= 11 is 0. The van der Waals surface area contributed by atoms with E-state index in [-0.39, 0.29) is 17.9 Å². The zero-order valence-corrected chi connectivity index (χ0v) is 13.1. The van der Waals surface area contributed by atoms with Crippen LogP contribution in [-0.2, 0) is 19.1 Å². The Kier molecular flexibility index (Phi) is 7.03. The van der Waals surface area contributed by atoms with Crippen LogP contribution in [0.15, 0.2) is 0 Å². The highest BCUT2D eigenvalue weighted by Crippen LogP contribution is 2.45. The summed E-state index contributed by atoms with van der Waals surface area (Å²) in [6.45, 7) is 6.83. The Morgan fingerprint density at radius 3 is 1.90 bits per heavy atom. The molecule has 0 aliphatic heterocycles. The standard InChI is InChI=1S/C16H28O4/c1-4-6-11-19-14(17)16(10-8-9-13(16)3)15(18)20-12-7-5-2/h13H,4-12H2,1-3H3. The van der Waals surface area contributed by atoms with Crippen molar-refractivity contribution in [3.63, 3.8) is 0 Å². The molecule has 0 bridgehead atoms. The predicted molar refractivity (Wildman–Crippen MR) is 77.2 cm³/mol. The van der Waals surface area contributed by atoms with Gasteiger partial charge in [-0.05, 0) is 31.6 Å². The molecule has 0 amide bonds. The Balaban J connectivity index is 2.71. The molecule has 1 aliphatic rings. The Morgan fingerprint density at radius 1 is 1.05 bits per heavy atom. The molecule has 20 heavy (non-hydrogen) atoms. The van der Waals surface area contributed by atoms with Crippen molar-refractivity contribution in [2.75, 3.05) is 13.2 Å². The van der Waals surface area contributed by atoms with Crippen molar-refractivity contribution in [2.24, 2.45) is 11.3 Å². The lowest BCUT2D eigenvalue weighted by molar-refractivity contribution is -0.175. The lowest BCUT2D eigenvalue weighted by Gasteiger charge is -2.29.